The van der Waals surface area contributed by atoms with Gasteiger partial charge in [-0.2, -0.15) is 5.10 Å². The van der Waals surface area contributed by atoms with Crippen molar-refractivity contribution >= 4 is 28.6 Å². The largest absolute Gasteiger partial charge is 0.381 e. The molecule has 1 saturated heterocycles. The van der Waals surface area contributed by atoms with Crippen LogP contribution in [0.5, 0.6) is 0 Å². The van der Waals surface area contributed by atoms with Crippen molar-refractivity contribution in [1.29, 1.82) is 0 Å². The molecule has 3 aromatic carbocycles. The molecule has 2 aromatic heterocycles. The third-order valence-corrected chi connectivity index (χ3v) is 6.70. The number of fused-ring (bicyclic) bond motifs is 1. The van der Waals surface area contributed by atoms with Crippen molar-refractivity contribution in [2.24, 2.45) is 0 Å². The molecular formula is C30H29N7O. The maximum absolute atomic E-state index is 13.2. The minimum atomic E-state index is -0.254. The van der Waals surface area contributed by atoms with Crippen LogP contribution in [0.2, 0.25) is 0 Å². The van der Waals surface area contributed by atoms with E-state index in [4.69, 9.17) is 4.98 Å². The van der Waals surface area contributed by atoms with Gasteiger partial charge in [0.25, 0.3) is 5.91 Å². The molecule has 0 spiro atoms. The van der Waals surface area contributed by atoms with Crippen LogP contribution in [0, 0.1) is 0 Å². The van der Waals surface area contributed by atoms with Gasteiger partial charge in [-0.05, 0) is 47.5 Å². The van der Waals surface area contributed by atoms with Crippen LogP contribution in [0.25, 0.3) is 16.8 Å². The van der Waals surface area contributed by atoms with Gasteiger partial charge in [0.05, 0.1) is 6.20 Å². The number of benzene rings is 3. The quantitative estimate of drug-likeness (QED) is 0.299. The number of nitrogens with zero attached hydrogens (tertiary/aromatic N) is 4. The molecule has 0 aliphatic carbocycles. The summed E-state index contributed by atoms with van der Waals surface area (Å²) in [6.45, 7) is 4.54. The Balaban J connectivity index is 1.21. The Labute approximate surface area is 221 Å². The number of amides is 1. The standard InChI is InChI=1S/C30H29N7O/c38-30(34-25-10-5-11-26(19-25)36-16-13-31-14-17-36)28-12-15-37-29(35-28)27(21-33-37)23-8-4-9-24(18-23)32-20-22-6-2-1-3-7-22/h1-12,15,18-19,21,31-32H,13-14,16-17,20H2,(H,34,38). The van der Waals surface area contributed by atoms with Crippen molar-refractivity contribution in [1.82, 2.24) is 19.9 Å². The molecule has 0 bridgehead atoms. The number of carbonyl (C=O) groups excluding carboxylic acids is 1. The smallest absolute Gasteiger partial charge is 0.274 e. The normalized spacial score (nSPS) is 13.4. The molecule has 0 unspecified atom stereocenters. The van der Waals surface area contributed by atoms with Gasteiger partial charge in [0, 0.05) is 61.5 Å². The molecule has 190 valence electrons. The molecule has 1 aliphatic rings. The predicted molar refractivity (Wildman–Crippen MR) is 152 cm³/mol. The lowest BCUT2D eigenvalue weighted by atomic mass is 10.1. The van der Waals surface area contributed by atoms with Crippen molar-refractivity contribution in [2.75, 3.05) is 41.7 Å². The van der Waals surface area contributed by atoms with E-state index in [-0.39, 0.29) is 5.91 Å². The molecule has 8 heteroatoms. The molecule has 38 heavy (non-hydrogen) atoms. The van der Waals surface area contributed by atoms with Crippen molar-refractivity contribution in [3.05, 3.63) is 109 Å². The number of anilines is 3. The topological polar surface area (TPSA) is 86.6 Å². The summed E-state index contributed by atoms with van der Waals surface area (Å²) in [5, 5.41) is 14.3. The van der Waals surface area contributed by atoms with E-state index < -0.39 is 0 Å². The Morgan fingerprint density at radius 3 is 2.58 bits per heavy atom. The number of carbonyl (C=O) groups is 1. The summed E-state index contributed by atoms with van der Waals surface area (Å²) in [6, 6.07) is 28.1. The highest BCUT2D eigenvalue weighted by Gasteiger charge is 2.15. The van der Waals surface area contributed by atoms with Crippen LogP contribution in [0.15, 0.2) is 97.3 Å². The van der Waals surface area contributed by atoms with E-state index in [9.17, 15) is 4.79 Å². The zero-order valence-corrected chi connectivity index (χ0v) is 21.0. The zero-order valence-electron chi connectivity index (χ0n) is 21.0. The Morgan fingerprint density at radius 1 is 0.895 bits per heavy atom. The molecular weight excluding hydrogens is 474 g/mol. The lowest BCUT2D eigenvalue weighted by molar-refractivity contribution is 0.102. The van der Waals surface area contributed by atoms with Gasteiger partial charge >= 0.3 is 0 Å². The zero-order chi connectivity index (χ0) is 25.7. The van der Waals surface area contributed by atoms with Gasteiger partial charge < -0.3 is 20.9 Å². The molecule has 3 N–H and O–H groups in total. The third-order valence-electron chi connectivity index (χ3n) is 6.70. The van der Waals surface area contributed by atoms with Gasteiger partial charge in [-0.1, -0.05) is 48.5 Å². The van der Waals surface area contributed by atoms with E-state index in [1.807, 2.05) is 54.6 Å². The van der Waals surface area contributed by atoms with E-state index in [0.717, 1.165) is 60.9 Å². The lowest BCUT2D eigenvalue weighted by Gasteiger charge is -2.29. The molecule has 1 fully saturated rings. The second-order valence-electron chi connectivity index (χ2n) is 9.30. The molecule has 0 saturated carbocycles. The summed E-state index contributed by atoms with van der Waals surface area (Å²) in [4.78, 5) is 20.2. The first-order valence-corrected chi connectivity index (χ1v) is 12.8. The van der Waals surface area contributed by atoms with Crippen LogP contribution in [0.4, 0.5) is 17.1 Å². The number of aromatic nitrogens is 3. The van der Waals surface area contributed by atoms with Gasteiger partial charge in [0.2, 0.25) is 0 Å². The van der Waals surface area contributed by atoms with Crippen molar-refractivity contribution in [3.63, 3.8) is 0 Å². The molecule has 1 aliphatic heterocycles. The van der Waals surface area contributed by atoms with Gasteiger partial charge in [-0.3, -0.25) is 4.79 Å². The Hall–Kier alpha value is -4.69. The summed E-state index contributed by atoms with van der Waals surface area (Å²) in [5.74, 6) is -0.254. The van der Waals surface area contributed by atoms with Crippen molar-refractivity contribution in [2.45, 2.75) is 6.54 Å². The molecule has 3 heterocycles. The Morgan fingerprint density at radius 2 is 1.71 bits per heavy atom. The summed E-state index contributed by atoms with van der Waals surface area (Å²) in [6.07, 6.45) is 3.56. The molecule has 0 atom stereocenters. The average Bonchev–Trinajstić information content (AvgIpc) is 3.41. The second-order valence-corrected chi connectivity index (χ2v) is 9.30. The SMILES string of the molecule is O=C(Nc1cccc(N2CCNCC2)c1)c1ccn2ncc(-c3cccc(NCc4ccccc4)c3)c2n1. The summed E-state index contributed by atoms with van der Waals surface area (Å²) in [7, 11) is 0. The fourth-order valence-corrected chi connectivity index (χ4v) is 4.69. The van der Waals surface area contributed by atoms with E-state index in [0.29, 0.717) is 11.3 Å². The first-order valence-electron chi connectivity index (χ1n) is 12.8. The van der Waals surface area contributed by atoms with Crippen LogP contribution in [-0.2, 0) is 6.54 Å². The first-order chi connectivity index (χ1) is 18.7. The second kappa shape index (κ2) is 10.7. The highest BCUT2D eigenvalue weighted by atomic mass is 16.1. The number of hydrogen-bond donors (Lipinski definition) is 3. The monoisotopic (exact) mass is 503 g/mol. The minimum absolute atomic E-state index is 0.254. The van der Waals surface area contributed by atoms with Crippen molar-refractivity contribution in [3.8, 4) is 11.1 Å². The lowest BCUT2D eigenvalue weighted by Crippen LogP contribution is -2.43. The van der Waals surface area contributed by atoms with Crippen LogP contribution < -0.4 is 20.9 Å². The average molecular weight is 504 g/mol. The summed E-state index contributed by atoms with van der Waals surface area (Å²) >= 11 is 0. The van der Waals surface area contributed by atoms with Crippen LogP contribution in [-0.4, -0.2) is 46.7 Å². The summed E-state index contributed by atoms with van der Waals surface area (Å²) in [5.41, 5.74) is 6.88. The number of piperazine rings is 1. The molecule has 5 aromatic rings. The fraction of sp³-hybridized carbons (Fsp3) is 0.167. The molecule has 0 radical (unpaired) electrons. The number of nitrogens with one attached hydrogen (secondary N) is 3. The van der Waals surface area contributed by atoms with Crippen molar-refractivity contribution < 1.29 is 4.79 Å². The predicted octanol–water partition coefficient (Wildman–Crippen LogP) is 4.67. The maximum Gasteiger partial charge on any atom is 0.274 e. The van der Waals surface area contributed by atoms with Gasteiger partial charge in [-0.25, -0.2) is 9.50 Å². The van der Waals surface area contributed by atoms with Gasteiger partial charge in [0.15, 0.2) is 5.65 Å². The first kappa shape index (κ1) is 23.7. The van der Waals surface area contributed by atoms with Crippen LogP contribution in [0.1, 0.15) is 16.1 Å². The fourth-order valence-electron chi connectivity index (χ4n) is 4.69. The Kier molecular flexibility index (Phi) is 6.70. The number of rotatable bonds is 7. The minimum Gasteiger partial charge on any atom is -0.381 e. The van der Waals surface area contributed by atoms with Crippen LogP contribution in [0.3, 0.4) is 0 Å². The van der Waals surface area contributed by atoms with Crippen LogP contribution >= 0.6 is 0 Å². The third kappa shape index (κ3) is 5.21. The highest BCUT2D eigenvalue weighted by molar-refractivity contribution is 6.03. The molecule has 8 nitrogen and oxygen atoms in total. The Bertz CT molecular complexity index is 1560. The summed E-state index contributed by atoms with van der Waals surface area (Å²) < 4.78 is 1.70. The molecule has 1 amide bonds. The maximum atomic E-state index is 13.2. The van der Waals surface area contributed by atoms with E-state index in [2.05, 4.69) is 50.2 Å². The van der Waals surface area contributed by atoms with E-state index >= 15 is 0 Å². The molecule has 6 rings (SSSR count). The van der Waals surface area contributed by atoms with Gasteiger partial charge in [-0.15, -0.1) is 0 Å². The van der Waals surface area contributed by atoms with E-state index in [1.165, 1.54) is 5.56 Å². The highest BCUT2D eigenvalue weighted by Crippen LogP contribution is 2.27. The number of hydrogen-bond acceptors (Lipinski definition) is 6. The van der Waals surface area contributed by atoms with Gasteiger partial charge in [0.1, 0.15) is 5.69 Å². The van der Waals surface area contributed by atoms with E-state index in [1.54, 1.807) is 23.0 Å².